The molecule has 0 atom stereocenters. The number of carboxylic acid groups (broad SMARTS) is 1. The summed E-state index contributed by atoms with van der Waals surface area (Å²) in [7, 11) is 0. The maximum Gasteiger partial charge on any atom is 0.347 e. The predicted octanol–water partition coefficient (Wildman–Crippen LogP) is 2.48. The Hall–Kier alpha value is -0.550. The van der Waals surface area contributed by atoms with E-state index in [1.807, 2.05) is 0 Å². The van der Waals surface area contributed by atoms with E-state index < -0.39 is 5.97 Å². The Morgan fingerprint density at radius 3 is 3.08 bits per heavy atom. The Balaban J connectivity index is 2.44. The van der Waals surface area contributed by atoms with Crippen LogP contribution in [0.3, 0.4) is 0 Å². The van der Waals surface area contributed by atoms with Crippen LogP contribution < -0.4 is 0 Å². The number of rotatable bonds is 5. The lowest BCUT2D eigenvalue weighted by Gasteiger charge is -1.93. The number of aromatic carboxylic acids is 1. The lowest BCUT2D eigenvalue weighted by atomic mass is 10.6. The third-order valence-electron chi connectivity index (χ3n) is 1.34. The summed E-state index contributed by atoms with van der Waals surface area (Å²) in [4.78, 5) is 14.9. The zero-order valence-electron chi connectivity index (χ0n) is 7.32. The minimum atomic E-state index is -0.885. The van der Waals surface area contributed by atoms with Crippen molar-refractivity contribution < 1.29 is 9.90 Å². The van der Waals surface area contributed by atoms with Gasteiger partial charge < -0.3 is 5.11 Å². The van der Waals surface area contributed by atoms with Crippen molar-refractivity contribution in [2.45, 2.75) is 19.1 Å². The van der Waals surface area contributed by atoms with Gasteiger partial charge in [-0.05, 0) is 12.2 Å². The van der Waals surface area contributed by atoms with E-state index in [1.54, 1.807) is 11.8 Å². The fourth-order valence-corrected chi connectivity index (χ4v) is 2.50. The van der Waals surface area contributed by atoms with Crippen molar-refractivity contribution in [1.29, 1.82) is 0 Å². The van der Waals surface area contributed by atoms with Crippen LogP contribution in [0.2, 0.25) is 0 Å². The highest BCUT2D eigenvalue weighted by Crippen LogP contribution is 2.18. The Kier molecular flexibility index (Phi) is 4.24. The second kappa shape index (κ2) is 5.24. The van der Waals surface area contributed by atoms with Gasteiger partial charge >= 0.3 is 5.97 Å². The number of aromatic nitrogens is 1. The molecule has 0 radical (unpaired) electrons. The highest BCUT2D eigenvalue weighted by molar-refractivity contribution is 7.98. The molecule has 1 heterocycles. The zero-order chi connectivity index (χ0) is 9.68. The average molecular weight is 217 g/mol. The summed E-state index contributed by atoms with van der Waals surface area (Å²) in [6, 6.07) is 0. The van der Waals surface area contributed by atoms with Gasteiger partial charge in [-0.15, -0.1) is 11.3 Å². The molecule has 3 nitrogen and oxygen atoms in total. The first kappa shape index (κ1) is 10.5. The third-order valence-corrected chi connectivity index (χ3v) is 3.68. The molecule has 0 fully saturated rings. The Morgan fingerprint density at radius 2 is 2.54 bits per heavy atom. The van der Waals surface area contributed by atoms with Crippen LogP contribution in [0, 0.1) is 0 Å². The molecular formula is C8H11NO2S2. The summed E-state index contributed by atoms with van der Waals surface area (Å²) in [5.41, 5.74) is 0. The van der Waals surface area contributed by atoms with Crippen molar-refractivity contribution in [3.05, 3.63) is 16.1 Å². The molecule has 0 spiro atoms. The molecule has 0 bridgehead atoms. The maximum atomic E-state index is 10.5. The molecule has 0 aliphatic rings. The van der Waals surface area contributed by atoms with Gasteiger partial charge in [0, 0.05) is 5.75 Å². The number of hydrogen-bond donors (Lipinski definition) is 1. The minimum absolute atomic E-state index is 0.326. The predicted molar refractivity (Wildman–Crippen MR) is 55.5 cm³/mol. The average Bonchev–Trinajstić information content (AvgIpc) is 2.53. The topological polar surface area (TPSA) is 50.2 Å². The highest BCUT2D eigenvalue weighted by Gasteiger charge is 2.07. The van der Waals surface area contributed by atoms with Gasteiger partial charge in [0.2, 0.25) is 0 Å². The van der Waals surface area contributed by atoms with Gasteiger partial charge in [-0.2, -0.15) is 11.8 Å². The van der Waals surface area contributed by atoms with Crippen LogP contribution >= 0.6 is 23.1 Å². The molecule has 72 valence electrons. The molecule has 1 aromatic rings. The van der Waals surface area contributed by atoms with Gasteiger partial charge in [0.05, 0.1) is 6.20 Å². The smallest absolute Gasteiger partial charge is 0.347 e. The van der Waals surface area contributed by atoms with Crippen molar-refractivity contribution in [1.82, 2.24) is 4.98 Å². The first-order valence-corrected chi connectivity index (χ1v) is 5.97. The number of thioether (sulfide) groups is 1. The maximum absolute atomic E-state index is 10.5. The van der Waals surface area contributed by atoms with Crippen molar-refractivity contribution in [2.75, 3.05) is 5.75 Å². The molecule has 1 N–H and O–H groups in total. The lowest BCUT2D eigenvalue weighted by molar-refractivity contribution is 0.0702. The summed E-state index contributed by atoms with van der Waals surface area (Å²) in [6.45, 7) is 2.12. The number of hydrogen-bond acceptors (Lipinski definition) is 4. The molecule has 13 heavy (non-hydrogen) atoms. The first-order valence-electron chi connectivity index (χ1n) is 3.99. The molecule has 5 heteroatoms. The summed E-state index contributed by atoms with van der Waals surface area (Å²) in [5, 5.41) is 9.53. The van der Waals surface area contributed by atoms with E-state index in [1.165, 1.54) is 17.5 Å². The second-order valence-corrected chi connectivity index (χ2v) is 4.70. The van der Waals surface area contributed by atoms with E-state index in [-0.39, 0.29) is 0 Å². The van der Waals surface area contributed by atoms with Crippen molar-refractivity contribution in [3.63, 3.8) is 0 Å². The van der Waals surface area contributed by atoms with E-state index >= 15 is 0 Å². The lowest BCUT2D eigenvalue weighted by Crippen LogP contribution is -1.89. The summed E-state index contributed by atoms with van der Waals surface area (Å²) >= 11 is 3.05. The van der Waals surface area contributed by atoms with Gasteiger partial charge in [-0.1, -0.05) is 6.92 Å². The molecule has 0 aromatic carbocycles. The van der Waals surface area contributed by atoms with Crippen molar-refractivity contribution in [2.24, 2.45) is 0 Å². The van der Waals surface area contributed by atoms with Crippen LogP contribution in [-0.4, -0.2) is 21.8 Å². The van der Waals surface area contributed by atoms with E-state index in [9.17, 15) is 4.79 Å². The zero-order valence-corrected chi connectivity index (χ0v) is 8.95. The third kappa shape index (κ3) is 3.36. The second-order valence-electron chi connectivity index (χ2n) is 2.48. The summed E-state index contributed by atoms with van der Waals surface area (Å²) < 4.78 is 0. The Bertz CT molecular complexity index is 285. The molecule has 1 aromatic heterocycles. The Labute approximate surface area is 85.2 Å². The highest BCUT2D eigenvalue weighted by atomic mass is 32.2. The van der Waals surface area contributed by atoms with Crippen LogP contribution in [0.4, 0.5) is 0 Å². The molecular weight excluding hydrogens is 206 g/mol. The van der Waals surface area contributed by atoms with Gasteiger partial charge in [0.15, 0.2) is 0 Å². The number of thiazole rings is 1. The quantitative estimate of drug-likeness (QED) is 0.770. The van der Waals surface area contributed by atoms with Crippen LogP contribution in [-0.2, 0) is 5.75 Å². The summed E-state index contributed by atoms with van der Waals surface area (Å²) in [5.74, 6) is 1.04. The van der Waals surface area contributed by atoms with E-state index in [2.05, 4.69) is 11.9 Å². The van der Waals surface area contributed by atoms with E-state index in [4.69, 9.17) is 5.11 Å². The van der Waals surface area contributed by atoms with Crippen LogP contribution in [0.25, 0.3) is 0 Å². The molecule has 1 rings (SSSR count). The van der Waals surface area contributed by atoms with Crippen molar-refractivity contribution in [3.8, 4) is 0 Å². The number of nitrogens with zero attached hydrogens (tertiary/aromatic N) is 1. The molecule has 0 saturated carbocycles. The summed E-state index contributed by atoms with van der Waals surface area (Å²) in [6.07, 6.45) is 2.57. The van der Waals surface area contributed by atoms with Gasteiger partial charge in [0.25, 0.3) is 0 Å². The van der Waals surface area contributed by atoms with E-state index in [0.717, 1.165) is 22.9 Å². The fourth-order valence-electron chi connectivity index (χ4n) is 0.780. The van der Waals surface area contributed by atoms with Gasteiger partial charge in [-0.25, -0.2) is 9.78 Å². The molecule has 0 saturated heterocycles. The number of carboxylic acids is 1. The molecule has 0 aliphatic carbocycles. The van der Waals surface area contributed by atoms with Crippen LogP contribution in [0.1, 0.15) is 28.0 Å². The standard InChI is InChI=1S/C8H11NO2S2/c1-2-3-12-5-7-9-4-6(13-7)8(10)11/h4H,2-3,5H2,1H3,(H,10,11). The first-order chi connectivity index (χ1) is 6.24. The largest absolute Gasteiger partial charge is 0.477 e. The van der Waals surface area contributed by atoms with Crippen molar-refractivity contribution >= 4 is 29.1 Å². The molecule has 0 aliphatic heterocycles. The Morgan fingerprint density at radius 1 is 1.77 bits per heavy atom. The minimum Gasteiger partial charge on any atom is -0.477 e. The normalized spacial score (nSPS) is 10.2. The molecule has 0 amide bonds. The monoisotopic (exact) mass is 217 g/mol. The fraction of sp³-hybridized carbons (Fsp3) is 0.500. The van der Waals surface area contributed by atoms with Crippen LogP contribution in [0.5, 0.6) is 0 Å². The SMILES string of the molecule is CCCSCc1ncc(C(=O)O)s1. The molecule has 0 unspecified atom stereocenters. The number of carbonyl (C=O) groups is 1. The van der Waals surface area contributed by atoms with Crippen LogP contribution in [0.15, 0.2) is 6.20 Å². The van der Waals surface area contributed by atoms with E-state index in [0.29, 0.717) is 4.88 Å². The van der Waals surface area contributed by atoms with Gasteiger partial charge in [-0.3, -0.25) is 0 Å². The van der Waals surface area contributed by atoms with Gasteiger partial charge in [0.1, 0.15) is 9.88 Å².